The first kappa shape index (κ1) is 17.1. The van der Waals surface area contributed by atoms with Gasteiger partial charge in [-0.25, -0.2) is 13.6 Å². The minimum absolute atomic E-state index is 0.136. The molecule has 7 heteroatoms. The molecule has 0 aliphatic carbocycles. The first-order chi connectivity index (χ1) is 11.4. The van der Waals surface area contributed by atoms with Crippen LogP contribution in [-0.2, 0) is 11.2 Å². The van der Waals surface area contributed by atoms with E-state index in [0.29, 0.717) is 11.6 Å². The molecule has 0 aliphatic heterocycles. The Balaban J connectivity index is 2.21. The number of nitriles is 1. The summed E-state index contributed by atoms with van der Waals surface area (Å²) in [5.41, 5.74) is 0.403. The van der Waals surface area contributed by atoms with Crippen LogP contribution in [0.2, 0.25) is 0 Å². The fourth-order valence-electron chi connectivity index (χ4n) is 2.15. The summed E-state index contributed by atoms with van der Waals surface area (Å²) in [6.07, 6.45) is -0.136. The molecule has 2 rings (SSSR count). The number of carboxylic acid groups (broad SMARTS) is 1. The Morgan fingerprint density at radius 1 is 1.17 bits per heavy atom. The van der Waals surface area contributed by atoms with Crippen molar-refractivity contribution in [3.05, 3.63) is 70.8 Å². The van der Waals surface area contributed by atoms with Crippen molar-refractivity contribution in [2.75, 3.05) is 0 Å². The summed E-state index contributed by atoms with van der Waals surface area (Å²) >= 11 is 0. The number of aliphatic carboxylic acids is 1. The largest absolute Gasteiger partial charge is 0.480 e. The molecule has 5 nitrogen and oxygen atoms in total. The number of amides is 1. The zero-order valence-corrected chi connectivity index (χ0v) is 12.3. The van der Waals surface area contributed by atoms with E-state index in [1.54, 1.807) is 18.2 Å². The van der Waals surface area contributed by atoms with E-state index >= 15 is 0 Å². The van der Waals surface area contributed by atoms with Gasteiger partial charge in [-0.3, -0.25) is 4.79 Å². The van der Waals surface area contributed by atoms with Crippen LogP contribution in [0.5, 0.6) is 0 Å². The van der Waals surface area contributed by atoms with E-state index in [4.69, 9.17) is 5.26 Å². The van der Waals surface area contributed by atoms with Crippen LogP contribution >= 0.6 is 0 Å². The van der Waals surface area contributed by atoms with Crippen LogP contribution in [0, 0.1) is 23.0 Å². The molecular weight excluding hydrogens is 318 g/mol. The smallest absolute Gasteiger partial charge is 0.326 e. The zero-order chi connectivity index (χ0) is 17.7. The lowest BCUT2D eigenvalue weighted by molar-refractivity contribution is -0.139. The molecule has 0 radical (unpaired) electrons. The summed E-state index contributed by atoms with van der Waals surface area (Å²) in [6, 6.07) is 9.17. The average molecular weight is 330 g/mol. The second-order valence-electron chi connectivity index (χ2n) is 5.00. The number of hydrogen-bond donors (Lipinski definition) is 2. The number of carbonyl (C=O) groups is 2. The summed E-state index contributed by atoms with van der Waals surface area (Å²) < 4.78 is 26.3. The van der Waals surface area contributed by atoms with E-state index in [9.17, 15) is 23.5 Å². The minimum Gasteiger partial charge on any atom is -0.480 e. The van der Waals surface area contributed by atoms with Crippen LogP contribution < -0.4 is 5.32 Å². The molecule has 1 amide bonds. The Morgan fingerprint density at radius 2 is 1.79 bits per heavy atom. The number of hydrogen-bond acceptors (Lipinski definition) is 3. The number of nitrogens with one attached hydrogen (secondary N) is 1. The van der Waals surface area contributed by atoms with Crippen molar-refractivity contribution in [1.29, 1.82) is 5.26 Å². The fourth-order valence-corrected chi connectivity index (χ4v) is 2.15. The van der Waals surface area contributed by atoms with E-state index in [1.165, 1.54) is 6.07 Å². The van der Waals surface area contributed by atoms with Crippen molar-refractivity contribution < 1.29 is 23.5 Å². The van der Waals surface area contributed by atoms with Gasteiger partial charge in [0, 0.05) is 18.1 Å². The van der Waals surface area contributed by atoms with Crippen LogP contribution in [-0.4, -0.2) is 23.0 Å². The van der Waals surface area contributed by atoms with Crippen molar-refractivity contribution in [1.82, 2.24) is 5.32 Å². The number of carboxylic acids is 1. The molecule has 1 atom stereocenters. The van der Waals surface area contributed by atoms with Gasteiger partial charge in [0.05, 0.1) is 11.6 Å². The average Bonchev–Trinajstić information content (AvgIpc) is 2.53. The number of nitrogens with zero attached hydrogens (tertiary/aromatic N) is 1. The molecule has 0 aromatic heterocycles. The van der Waals surface area contributed by atoms with Crippen molar-refractivity contribution in [3.8, 4) is 6.07 Å². The summed E-state index contributed by atoms with van der Waals surface area (Å²) in [4.78, 5) is 23.4. The highest BCUT2D eigenvalue weighted by atomic mass is 19.1. The van der Waals surface area contributed by atoms with Crippen molar-refractivity contribution in [3.63, 3.8) is 0 Å². The van der Waals surface area contributed by atoms with E-state index in [-0.39, 0.29) is 17.5 Å². The first-order valence-electron chi connectivity index (χ1n) is 6.88. The van der Waals surface area contributed by atoms with Gasteiger partial charge in [0.1, 0.15) is 17.7 Å². The second-order valence-corrected chi connectivity index (χ2v) is 5.00. The maximum Gasteiger partial charge on any atom is 0.326 e. The Kier molecular flexibility index (Phi) is 5.22. The third-order valence-electron chi connectivity index (χ3n) is 3.29. The SMILES string of the molecule is N#Cc1ccccc1C[C@@H](NC(=O)c1cc(F)cc(F)c1)C(=O)O. The van der Waals surface area contributed by atoms with E-state index in [1.807, 2.05) is 6.07 Å². The zero-order valence-electron chi connectivity index (χ0n) is 12.3. The molecule has 0 fully saturated rings. The summed E-state index contributed by atoms with van der Waals surface area (Å²) in [5, 5.41) is 20.5. The Hall–Kier alpha value is -3.27. The lowest BCUT2D eigenvalue weighted by Gasteiger charge is -2.15. The molecule has 0 heterocycles. The first-order valence-corrected chi connectivity index (χ1v) is 6.88. The molecule has 0 saturated carbocycles. The quantitative estimate of drug-likeness (QED) is 0.880. The molecule has 2 aromatic carbocycles. The number of rotatable bonds is 5. The molecule has 0 aliphatic rings. The van der Waals surface area contributed by atoms with Gasteiger partial charge in [-0.05, 0) is 23.8 Å². The Bertz CT molecular complexity index is 811. The molecule has 0 spiro atoms. The van der Waals surface area contributed by atoms with Gasteiger partial charge in [-0.1, -0.05) is 18.2 Å². The highest BCUT2D eigenvalue weighted by Gasteiger charge is 2.22. The van der Waals surface area contributed by atoms with Crippen molar-refractivity contribution in [2.24, 2.45) is 0 Å². The molecule has 0 saturated heterocycles. The maximum atomic E-state index is 13.2. The summed E-state index contributed by atoms with van der Waals surface area (Å²) in [6.45, 7) is 0. The van der Waals surface area contributed by atoms with Gasteiger partial charge >= 0.3 is 5.97 Å². The van der Waals surface area contributed by atoms with Crippen molar-refractivity contribution >= 4 is 11.9 Å². The predicted octanol–water partition coefficient (Wildman–Crippen LogP) is 2.26. The van der Waals surface area contributed by atoms with Crippen LogP contribution in [0.3, 0.4) is 0 Å². The van der Waals surface area contributed by atoms with Gasteiger partial charge in [0.15, 0.2) is 0 Å². The molecule has 0 bridgehead atoms. The van der Waals surface area contributed by atoms with Crippen LogP contribution in [0.4, 0.5) is 8.78 Å². The van der Waals surface area contributed by atoms with Gasteiger partial charge in [-0.2, -0.15) is 5.26 Å². The minimum atomic E-state index is -1.35. The monoisotopic (exact) mass is 330 g/mol. The molecule has 24 heavy (non-hydrogen) atoms. The van der Waals surface area contributed by atoms with Gasteiger partial charge in [0.25, 0.3) is 5.91 Å². The van der Waals surface area contributed by atoms with Gasteiger partial charge in [-0.15, -0.1) is 0 Å². The predicted molar refractivity (Wildman–Crippen MR) is 80.1 cm³/mol. The Morgan fingerprint density at radius 3 is 2.38 bits per heavy atom. The lowest BCUT2D eigenvalue weighted by Crippen LogP contribution is -2.42. The van der Waals surface area contributed by atoms with Crippen LogP contribution in [0.1, 0.15) is 21.5 Å². The van der Waals surface area contributed by atoms with E-state index in [0.717, 1.165) is 12.1 Å². The number of benzene rings is 2. The number of halogens is 2. The van der Waals surface area contributed by atoms with Gasteiger partial charge in [0.2, 0.25) is 0 Å². The van der Waals surface area contributed by atoms with E-state index < -0.39 is 29.6 Å². The van der Waals surface area contributed by atoms with Crippen molar-refractivity contribution in [2.45, 2.75) is 12.5 Å². The summed E-state index contributed by atoms with van der Waals surface area (Å²) in [7, 11) is 0. The third-order valence-corrected chi connectivity index (χ3v) is 3.29. The second kappa shape index (κ2) is 7.33. The molecule has 2 N–H and O–H groups in total. The van der Waals surface area contributed by atoms with Crippen LogP contribution in [0.15, 0.2) is 42.5 Å². The third kappa shape index (κ3) is 4.14. The number of carbonyl (C=O) groups excluding carboxylic acids is 1. The molecule has 122 valence electrons. The van der Waals surface area contributed by atoms with Crippen LogP contribution in [0.25, 0.3) is 0 Å². The highest BCUT2D eigenvalue weighted by Crippen LogP contribution is 2.12. The fraction of sp³-hybridized carbons (Fsp3) is 0.118. The van der Waals surface area contributed by atoms with Gasteiger partial charge < -0.3 is 10.4 Å². The Labute approximate surface area is 136 Å². The normalized spacial score (nSPS) is 11.4. The molecular formula is C17H12F2N2O3. The maximum absolute atomic E-state index is 13.2. The molecule has 0 unspecified atom stereocenters. The summed E-state index contributed by atoms with van der Waals surface area (Å²) in [5.74, 6) is -4.13. The lowest BCUT2D eigenvalue weighted by atomic mass is 10.0. The topological polar surface area (TPSA) is 90.2 Å². The standard InChI is InChI=1S/C17H12F2N2O3/c18-13-5-12(6-14(19)8-13)16(22)21-15(17(23)24)7-10-3-1-2-4-11(10)9-20/h1-6,8,15H,7H2,(H,21,22)(H,23,24)/t15-/m1/s1. The molecule has 2 aromatic rings. The highest BCUT2D eigenvalue weighted by molar-refractivity contribution is 5.96. The van der Waals surface area contributed by atoms with E-state index in [2.05, 4.69) is 5.32 Å².